The van der Waals surface area contributed by atoms with Gasteiger partial charge >= 0.3 is 0 Å². The Bertz CT molecular complexity index is 360. The number of rotatable bonds is 3. The van der Waals surface area contributed by atoms with Crippen LogP contribution in [0.4, 0.5) is 5.69 Å². The van der Waals surface area contributed by atoms with Gasteiger partial charge in [0.25, 0.3) is 0 Å². The molecule has 1 rings (SSSR count). The lowest BCUT2D eigenvalue weighted by molar-refractivity contribution is 1.01. The molecule has 1 aromatic rings. The molecule has 0 aliphatic carbocycles. The minimum absolute atomic E-state index is 0.227. The lowest BCUT2D eigenvalue weighted by Crippen LogP contribution is -2.46. The average Bonchev–Trinajstić information content (AvgIpc) is 2.18. The van der Waals surface area contributed by atoms with Crippen molar-refractivity contribution in [2.45, 2.75) is 26.6 Å². The summed E-state index contributed by atoms with van der Waals surface area (Å²) in [5.74, 6) is 0.227. The molecule has 5 heteroatoms. The Morgan fingerprint density at radius 1 is 1.33 bits per heavy atom. The quantitative estimate of drug-likeness (QED) is 0.731. The van der Waals surface area contributed by atoms with Crippen LogP contribution in [0.5, 0.6) is 0 Å². The van der Waals surface area contributed by atoms with Crippen molar-refractivity contribution in [3.63, 3.8) is 0 Å². The maximum atomic E-state index is 8.60. The van der Waals surface area contributed by atoms with Crippen LogP contribution in [-0.2, 0) is 0 Å². The summed E-state index contributed by atoms with van der Waals surface area (Å²) in [4.78, 5) is 7.98. The standard InChI is InChI=1S/C10H16N4Si/c1-5-14(15(2,3)4)9-7-12-10(6-11)13-8-9/h7-8H,5H2,1-4H3. The maximum absolute atomic E-state index is 8.60. The van der Waals surface area contributed by atoms with Gasteiger partial charge in [-0.2, -0.15) is 5.26 Å². The third-order valence-corrected chi connectivity index (χ3v) is 4.37. The summed E-state index contributed by atoms with van der Waals surface area (Å²) >= 11 is 0. The first-order chi connectivity index (χ1) is 6.99. The smallest absolute Gasteiger partial charge is 0.232 e. The summed E-state index contributed by atoms with van der Waals surface area (Å²) in [6.45, 7) is 9.89. The van der Waals surface area contributed by atoms with Gasteiger partial charge < -0.3 is 4.57 Å². The Morgan fingerprint density at radius 2 is 1.87 bits per heavy atom. The molecule has 0 saturated heterocycles. The van der Waals surface area contributed by atoms with Gasteiger partial charge in [-0.25, -0.2) is 9.97 Å². The minimum atomic E-state index is -1.38. The van der Waals surface area contributed by atoms with Crippen molar-refractivity contribution in [1.82, 2.24) is 9.97 Å². The monoisotopic (exact) mass is 220 g/mol. The number of nitriles is 1. The summed E-state index contributed by atoms with van der Waals surface area (Å²) in [6, 6.07) is 1.92. The molecule has 1 aromatic heterocycles. The molecule has 0 saturated carbocycles. The Balaban J connectivity index is 3.00. The molecule has 15 heavy (non-hydrogen) atoms. The second-order valence-electron chi connectivity index (χ2n) is 4.29. The zero-order chi connectivity index (χ0) is 11.5. The Kier molecular flexibility index (Phi) is 3.42. The Hall–Kier alpha value is -1.41. The van der Waals surface area contributed by atoms with Crippen molar-refractivity contribution in [3.8, 4) is 6.07 Å². The second kappa shape index (κ2) is 4.40. The number of hydrogen-bond acceptors (Lipinski definition) is 4. The Morgan fingerprint density at radius 3 is 2.20 bits per heavy atom. The van der Waals surface area contributed by atoms with E-state index >= 15 is 0 Å². The molecule has 0 radical (unpaired) electrons. The fourth-order valence-electron chi connectivity index (χ4n) is 1.56. The SMILES string of the molecule is CCN(c1cnc(C#N)nc1)[Si](C)(C)C. The maximum Gasteiger partial charge on any atom is 0.232 e. The molecule has 4 nitrogen and oxygen atoms in total. The first kappa shape index (κ1) is 11.7. The van der Waals surface area contributed by atoms with Gasteiger partial charge in [-0.15, -0.1) is 0 Å². The van der Waals surface area contributed by atoms with E-state index in [0.29, 0.717) is 0 Å². The molecule has 0 N–H and O–H groups in total. The van der Waals surface area contributed by atoms with Crippen LogP contribution in [0.1, 0.15) is 12.7 Å². The van der Waals surface area contributed by atoms with Crippen LogP contribution >= 0.6 is 0 Å². The highest BCUT2D eigenvalue weighted by molar-refractivity contribution is 6.79. The van der Waals surface area contributed by atoms with E-state index in [4.69, 9.17) is 5.26 Å². The molecule has 80 valence electrons. The highest BCUT2D eigenvalue weighted by Crippen LogP contribution is 2.19. The van der Waals surface area contributed by atoms with Crippen LogP contribution in [0.25, 0.3) is 0 Å². The third kappa shape index (κ3) is 2.77. The molecule has 0 amide bonds. The zero-order valence-corrected chi connectivity index (χ0v) is 10.7. The molecule has 0 unspecified atom stereocenters. The summed E-state index contributed by atoms with van der Waals surface area (Å²) < 4.78 is 2.33. The van der Waals surface area contributed by atoms with Crippen LogP contribution in [0.15, 0.2) is 12.4 Å². The molecule has 0 aromatic carbocycles. The molecule has 0 bridgehead atoms. The average molecular weight is 220 g/mol. The van der Waals surface area contributed by atoms with E-state index in [0.717, 1.165) is 12.2 Å². The highest BCUT2D eigenvalue weighted by Gasteiger charge is 2.23. The van der Waals surface area contributed by atoms with E-state index in [2.05, 4.69) is 41.1 Å². The lowest BCUT2D eigenvalue weighted by Gasteiger charge is -2.34. The zero-order valence-electron chi connectivity index (χ0n) is 9.65. The largest absolute Gasteiger partial charge is 0.396 e. The normalized spacial score (nSPS) is 10.9. The third-order valence-electron chi connectivity index (χ3n) is 2.18. The minimum Gasteiger partial charge on any atom is -0.396 e. The van der Waals surface area contributed by atoms with Gasteiger partial charge in [0.1, 0.15) is 14.3 Å². The van der Waals surface area contributed by atoms with Gasteiger partial charge in [0, 0.05) is 6.54 Å². The molecule has 0 aliphatic rings. The number of aromatic nitrogens is 2. The van der Waals surface area contributed by atoms with E-state index < -0.39 is 8.24 Å². The first-order valence-electron chi connectivity index (χ1n) is 4.99. The highest BCUT2D eigenvalue weighted by atomic mass is 28.3. The van der Waals surface area contributed by atoms with Crippen LogP contribution in [-0.4, -0.2) is 24.7 Å². The van der Waals surface area contributed by atoms with Gasteiger partial charge in [0.05, 0.1) is 18.1 Å². The number of anilines is 1. The predicted molar refractivity (Wildman–Crippen MR) is 63.1 cm³/mol. The van der Waals surface area contributed by atoms with Crippen molar-refractivity contribution in [2.24, 2.45) is 0 Å². The van der Waals surface area contributed by atoms with E-state index in [9.17, 15) is 0 Å². The Labute approximate surface area is 91.7 Å². The molecular weight excluding hydrogens is 204 g/mol. The summed E-state index contributed by atoms with van der Waals surface area (Å²) in [6.07, 6.45) is 3.46. The van der Waals surface area contributed by atoms with Crippen LogP contribution in [0, 0.1) is 11.3 Å². The number of hydrogen-bond donors (Lipinski definition) is 0. The van der Waals surface area contributed by atoms with Gasteiger partial charge in [0.2, 0.25) is 5.82 Å². The van der Waals surface area contributed by atoms with Crippen molar-refractivity contribution in [2.75, 3.05) is 11.1 Å². The number of nitrogens with zero attached hydrogens (tertiary/aromatic N) is 4. The molecule has 0 atom stereocenters. The fourth-order valence-corrected chi connectivity index (χ4v) is 3.40. The molecule has 1 heterocycles. The van der Waals surface area contributed by atoms with Gasteiger partial charge in [-0.05, 0) is 6.92 Å². The van der Waals surface area contributed by atoms with E-state index in [-0.39, 0.29) is 5.82 Å². The lowest BCUT2D eigenvalue weighted by atomic mass is 10.5. The van der Waals surface area contributed by atoms with Crippen molar-refractivity contribution in [3.05, 3.63) is 18.2 Å². The van der Waals surface area contributed by atoms with Crippen molar-refractivity contribution in [1.29, 1.82) is 5.26 Å². The van der Waals surface area contributed by atoms with E-state index in [1.807, 2.05) is 6.07 Å². The molecular formula is C10H16N4Si. The predicted octanol–water partition coefficient (Wildman–Crippen LogP) is 2.01. The van der Waals surface area contributed by atoms with Crippen molar-refractivity contribution < 1.29 is 0 Å². The van der Waals surface area contributed by atoms with Gasteiger partial charge in [-0.1, -0.05) is 19.6 Å². The molecule has 0 aliphatic heterocycles. The van der Waals surface area contributed by atoms with E-state index in [1.165, 1.54) is 0 Å². The van der Waals surface area contributed by atoms with E-state index in [1.54, 1.807) is 12.4 Å². The fraction of sp³-hybridized carbons (Fsp3) is 0.500. The van der Waals surface area contributed by atoms with Crippen molar-refractivity contribution >= 4 is 13.9 Å². The van der Waals surface area contributed by atoms with Crippen LogP contribution < -0.4 is 4.57 Å². The summed E-state index contributed by atoms with van der Waals surface area (Å²) in [5.41, 5.74) is 1.01. The first-order valence-corrected chi connectivity index (χ1v) is 8.43. The van der Waals surface area contributed by atoms with Crippen LogP contribution in [0.3, 0.4) is 0 Å². The van der Waals surface area contributed by atoms with Crippen LogP contribution in [0.2, 0.25) is 19.6 Å². The summed E-state index contributed by atoms with van der Waals surface area (Å²) in [5, 5.41) is 8.60. The summed E-state index contributed by atoms with van der Waals surface area (Å²) in [7, 11) is -1.38. The topological polar surface area (TPSA) is 52.8 Å². The molecule has 0 spiro atoms. The molecule has 0 fully saturated rings. The van der Waals surface area contributed by atoms with Gasteiger partial charge in [0.15, 0.2) is 0 Å². The van der Waals surface area contributed by atoms with Gasteiger partial charge in [-0.3, -0.25) is 0 Å². The second-order valence-corrected chi connectivity index (χ2v) is 9.17.